The zero-order valence-corrected chi connectivity index (χ0v) is 12.1. The van der Waals surface area contributed by atoms with Gasteiger partial charge < -0.3 is 10.1 Å². The number of hydrogen-bond donors (Lipinski definition) is 2. The zero-order chi connectivity index (χ0) is 15.9. The molecule has 0 saturated heterocycles. The largest absolute Gasteiger partial charge is 0.452 e. The summed E-state index contributed by atoms with van der Waals surface area (Å²) in [4.78, 5) is 22.9. The molecule has 0 fully saturated rings. The normalized spacial score (nSPS) is 10.5. The molecule has 0 aromatic heterocycles. The van der Waals surface area contributed by atoms with Gasteiger partial charge in [0.05, 0.1) is 17.0 Å². The van der Waals surface area contributed by atoms with Gasteiger partial charge in [0.2, 0.25) is 10.0 Å². The highest BCUT2D eigenvalue weighted by molar-refractivity contribution is 7.89. The average Bonchev–Trinajstić information content (AvgIpc) is 2.50. The predicted molar refractivity (Wildman–Crippen MR) is 74.8 cm³/mol. The Labute approximate surface area is 122 Å². The summed E-state index contributed by atoms with van der Waals surface area (Å²) in [6.45, 7) is -0.462. The van der Waals surface area contributed by atoms with Crippen LogP contribution in [0.1, 0.15) is 10.4 Å². The number of carbonyl (C=O) groups excluding carboxylic acids is 2. The second kappa shape index (κ2) is 7.42. The van der Waals surface area contributed by atoms with E-state index in [0.29, 0.717) is 0 Å². The van der Waals surface area contributed by atoms with Crippen LogP contribution in [0.5, 0.6) is 0 Å². The quantitative estimate of drug-likeness (QED) is 0.545. The van der Waals surface area contributed by atoms with Gasteiger partial charge in [-0.2, -0.15) is 0 Å². The van der Waals surface area contributed by atoms with Crippen molar-refractivity contribution in [2.75, 3.05) is 20.2 Å². The van der Waals surface area contributed by atoms with Crippen molar-refractivity contribution in [1.82, 2.24) is 10.0 Å². The summed E-state index contributed by atoms with van der Waals surface area (Å²) >= 11 is 0. The van der Waals surface area contributed by atoms with Crippen LogP contribution < -0.4 is 10.0 Å². The lowest BCUT2D eigenvalue weighted by atomic mass is 10.2. The van der Waals surface area contributed by atoms with E-state index < -0.39 is 28.5 Å². The van der Waals surface area contributed by atoms with Gasteiger partial charge in [0.15, 0.2) is 6.61 Å². The highest BCUT2D eigenvalue weighted by Gasteiger charge is 2.15. The number of hydrogen-bond acceptors (Lipinski definition) is 5. The number of carbonyl (C=O) groups is 2. The van der Waals surface area contributed by atoms with E-state index in [1.807, 2.05) is 0 Å². The van der Waals surface area contributed by atoms with Crippen LogP contribution in [0.3, 0.4) is 0 Å². The molecular weight excluding hydrogens is 296 g/mol. The minimum absolute atomic E-state index is 0.0241. The van der Waals surface area contributed by atoms with Gasteiger partial charge in [-0.3, -0.25) is 4.79 Å². The van der Waals surface area contributed by atoms with Gasteiger partial charge in [0.1, 0.15) is 0 Å². The molecule has 112 valence electrons. The van der Waals surface area contributed by atoms with E-state index in [1.54, 1.807) is 0 Å². The van der Waals surface area contributed by atoms with E-state index in [2.05, 4.69) is 16.0 Å². The molecule has 1 amide bonds. The molecule has 7 nitrogen and oxygen atoms in total. The number of nitrogens with one attached hydrogen (secondary N) is 2. The molecule has 0 unspecified atom stereocenters. The van der Waals surface area contributed by atoms with Gasteiger partial charge in [-0.15, -0.1) is 6.42 Å². The molecule has 0 saturated carbocycles. The molecule has 0 heterocycles. The molecule has 0 aliphatic heterocycles. The van der Waals surface area contributed by atoms with Gasteiger partial charge in [-0.05, 0) is 25.2 Å². The van der Waals surface area contributed by atoms with Crippen molar-refractivity contribution in [3.05, 3.63) is 29.8 Å². The fourth-order valence-electron chi connectivity index (χ4n) is 1.32. The van der Waals surface area contributed by atoms with Crippen LogP contribution in [0.2, 0.25) is 0 Å². The first-order valence-corrected chi connectivity index (χ1v) is 7.30. The molecule has 1 aromatic carbocycles. The van der Waals surface area contributed by atoms with Crippen molar-refractivity contribution in [2.24, 2.45) is 0 Å². The topological polar surface area (TPSA) is 102 Å². The lowest BCUT2D eigenvalue weighted by Gasteiger charge is -2.06. The van der Waals surface area contributed by atoms with Gasteiger partial charge in [0.25, 0.3) is 5.91 Å². The Balaban J connectivity index is 2.74. The summed E-state index contributed by atoms with van der Waals surface area (Å²) in [5, 5.41) is 2.33. The maximum atomic E-state index is 11.7. The average molecular weight is 310 g/mol. The van der Waals surface area contributed by atoms with Crippen LogP contribution in [-0.4, -0.2) is 40.5 Å². The Hall–Kier alpha value is -2.37. The molecule has 1 rings (SSSR count). The Morgan fingerprint density at radius 1 is 1.38 bits per heavy atom. The number of amides is 1. The lowest BCUT2D eigenvalue weighted by Crippen LogP contribution is -2.29. The summed E-state index contributed by atoms with van der Waals surface area (Å²) in [6.07, 6.45) is 4.96. The fourth-order valence-corrected chi connectivity index (χ4v) is 2.10. The maximum absolute atomic E-state index is 11.7. The molecule has 0 bridgehead atoms. The van der Waals surface area contributed by atoms with Crippen LogP contribution in [-0.2, 0) is 19.6 Å². The molecule has 0 spiro atoms. The van der Waals surface area contributed by atoms with Crippen LogP contribution in [0, 0.1) is 12.3 Å². The monoisotopic (exact) mass is 310 g/mol. The Morgan fingerprint density at radius 2 is 2.10 bits per heavy atom. The van der Waals surface area contributed by atoms with Crippen molar-refractivity contribution in [2.45, 2.75) is 4.90 Å². The molecule has 1 aromatic rings. The number of benzene rings is 1. The van der Waals surface area contributed by atoms with Crippen LogP contribution >= 0.6 is 0 Å². The van der Waals surface area contributed by atoms with E-state index in [1.165, 1.54) is 25.2 Å². The number of esters is 1. The molecule has 0 aliphatic rings. The third-order valence-electron chi connectivity index (χ3n) is 2.37. The van der Waals surface area contributed by atoms with Crippen molar-refractivity contribution in [1.29, 1.82) is 0 Å². The first kappa shape index (κ1) is 16.7. The smallest absolute Gasteiger partial charge is 0.338 e. The summed E-state index contributed by atoms with van der Waals surface area (Å²) in [5.41, 5.74) is 0.0241. The standard InChI is InChI=1S/C13H14N2O5S/c1-3-7-15-12(16)9-20-13(17)10-5-4-6-11(8-10)21(18,19)14-2/h1,4-6,8,14H,7,9H2,2H3,(H,15,16). The van der Waals surface area contributed by atoms with Crippen molar-refractivity contribution >= 4 is 21.9 Å². The predicted octanol–water partition coefficient (Wildman–Crippen LogP) is -0.499. The molecule has 2 N–H and O–H groups in total. The number of sulfonamides is 1. The number of terminal acetylenes is 1. The molecule has 0 aliphatic carbocycles. The van der Waals surface area contributed by atoms with E-state index >= 15 is 0 Å². The van der Waals surface area contributed by atoms with E-state index in [-0.39, 0.29) is 17.0 Å². The lowest BCUT2D eigenvalue weighted by molar-refractivity contribution is -0.123. The van der Waals surface area contributed by atoms with Crippen LogP contribution in [0.15, 0.2) is 29.2 Å². The first-order valence-electron chi connectivity index (χ1n) is 5.81. The molecule has 0 radical (unpaired) electrons. The van der Waals surface area contributed by atoms with Gasteiger partial charge in [0, 0.05) is 0 Å². The van der Waals surface area contributed by atoms with Gasteiger partial charge >= 0.3 is 5.97 Å². The highest BCUT2D eigenvalue weighted by atomic mass is 32.2. The molecule has 0 atom stereocenters. The zero-order valence-electron chi connectivity index (χ0n) is 11.3. The second-order valence-corrected chi connectivity index (χ2v) is 5.68. The van der Waals surface area contributed by atoms with E-state index in [0.717, 1.165) is 6.07 Å². The van der Waals surface area contributed by atoms with E-state index in [4.69, 9.17) is 11.2 Å². The first-order chi connectivity index (χ1) is 9.90. The summed E-state index contributed by atoms with van der Waals surface area (Å²) in [5.74, 6) is 0.855. The third-order valence-corrected chi connectivity index (χ3v) is 3.78. The summed E-state index contributed by atoms with van der Waals surface area (Å²) in [6, 6.07) is 5.28. The van der Waals surface area contributed by atoms with Gasteiger partial charge in [-0.25, -0.2) is 17.9 Å². The molecular formula is C13H14N2O5S. The third kappa shape index (κ3) is 4.91. The summed E-state index contributed by atoms with van der Waals surface area (Å²) in [7, 11) is -2.40. The SMILES string of the molecule is C#CCNC(=O)COC(=O)c1cccc(S(=O)(=O)NC)c1. The van der Waals surface area contributed by atoms with Crippen LogP contribution in [0.4, 0.5) is 0 Å². The minimum atomic E-state index is -3.66. The van der Waals surface area contributed by atoms with Crippen molar-refractivity contribution in [3.8, 4) is 12.3 Å². The Kier molecular flexibility index (Phi) is 5.90. The summed E-state index contributed by atoms with van der Waals surface area (Å²) < 4.78 is 30.1. The molecule has 8 heteroatoms. The maximum Gasteiger partial charge on any atom is 0.338 e. The van der Waals surface area contributed by atoms with Crippen molar-refractivity contribution < 1.29 is 22.7 Å². The fraction of sp³-hybridized carbons (Fsp3) is 0.231. The molecule has 21 heavy (non-hydrogen) atoms. The number of ether oxygens (including phenoxy) is 1. The Bertz CT molecular complexity index is 676. The van der Waals surface area contributed by atoms with Crippen LogP contribution in [0.25, 0.3) is 0 Å². The van der Waals surface area contributed by atoms with Crippen molar-refractivity contribution in [3.63, 3.8) is 0 Å². The number of rotatable bonds is 6. The minimum Gasteiger partial charge on any atom is -0.452 e. The second-order valence-electron chi connectivity index (χ2n) is 3.79. The van der Waals surface area contributed by atoms with E-state index in [9.17, 15) is 18.0 Å². The van der Waals surface area contributed by atoms with Gasteiger partial charge in [-0.1, -0.05) is 12.0 Å². The Morgan fingerprint density at radius 3 is 2.71 bits per heavy atom. The highest BCUT2D eigenvalue weighted by Crippen LogP contribution is 2.12.